The Kier molecular flexibility index (Phi) is 10.9. The van der Waals surface area contributed by atoms with Crippen molar-refractivity contribution in [1.82, 2.24) is 0 Å². The first-order chi connectivity index (χ1) is 21.4. The molecule has 0 fully saturated rings. The van der Waals surface area contributed by atoms with E-state index in [4.69, 9.17) is 9.47 Å². The molecule has 0 radical (unpaired) electrons. The van der Waals surface area contributed by atoms with E-state index in [1.807, 2.05) is 0 Å². The zero-order valence-corrected chi connectivity index (χ0v) is 27.1. The van der Waals surface area contributed by atoms with E-state index in [0.29, 0.717) is 32.3 Å². The van der Waals surface area contributed by atoms with Gasteiger partial charge >= 0.3 is 11.9 Å². The number of rotatable bonds is 8. The Morgan fingerprint density at radius 3 is 1.32 bits per heavy atom. The van der Waals surface area contributed by atoms with Gasteiger partial charge in [0.05, 0.1) is 24.3 Å². The summed E-state index contributed by atoms with van der Waals surface area (Å²) < 4.78 is 10.7. The second-order valence-electron chi connectivity index (χ2n) is 11.2. The largest absolute Gasteiger partial charge is 0.462 e. The summed E-state index contributed by atoms with van der Waals surface area (Å²) in [6.07, 6.45) is 12.1. The Hall–Kier alpha value is -3.50. The third kappa shape index (κ3) is 7.24. The van der Waals surface area contributed by atoms with Crippen LogP contribution in [-0.2, 0) is 35.2 Å². The van der Waals surface area contributed by atoms with E-state index in [2.05, 4.69) is 10.6 Å². The van der Waals surface area contributed by atoms with Gasteiger partial charge < -0.3 is 20.1 Å². The fourth-order valence-corrected chi connectivity index (χ4v) is 8.52. The van der Waals surface area contributed by atoms with Gasteiger partial charge in [-0.2, -0.15) is 0 Å². The highest BCUT2D eigenvalue weighted by Gasteiger charge is 2.28. The number of amides is 2. The summed E-state index contributed by atoms with van der Waals surface area (Å²) in [5.41, 5.74) is 3.67. The number of thiophene rings is 2. The van der Waals surface area contributed by atoms with Gasteiger partial charge in [-0.15, -0.1) is 22.7 Å². The fourth-order valence-electron chi connectivity index (χ4n) is 5.98. The molecule has 2 heterocycles. The average Bonchev–Trinajstić information content (AvgIpc) is 3.49. The van der Waals surface area contributed by atoms with Crippen LogP contribution in [0.5, 0.6) is 0 Å². The Bertz CT molecular complexity index is 1410. The second-order valence-corrected chi connectivity index (χ2v) is 13.4. The molecule has 0 aliphatic heterocycles. The number of hydrogen-bond donors (Lipinski definition) is 2. The van der Waals surface area contributed by atoms with Gasteiger partial charge in [-0.1, -0.05) is 25.7 Å². The van der Waals surface area contributed by atoms with Crippen molar-refractivity contribution >= 4 is 56.4 Å². The van der Waals surface area contributed by atoms with Crippen molar-refractivity contribution in [2.75, 3.05) is 23.8 Å². The highest BCUT2D eigenvalue weighted by Crippen LogP contribution is 2.39. The quantitative estimate of drug-likeness (QED) is 0.243. The van der Waals surface area contributed by atoms with Crippen molar-refractivity contribution in [3.05, 3.63) is 67.4 Å². The molecule has 2 aliphatic carbocycles. The van der Waals surface area contributed by atoms with Crippen molar-refractivity contribution in [1.29, 1.82) is 0 Å². The Morgan fingerprint density at radius 1 is 0.591 bits per heavy atom. The minimum Gasteiger partial charge on any atom is -0.462 e. The van der Waals surface area contributed by atoms with Crippen LogP contribution in [0.4, 0.5) is 10.0 Å². The predicted molar refractivity (Wildman–Crippen MR) is 175 cm³/mol. The van der Waals surface area contributed by atoms with Gasteiger partial charge in [-0.3, -0.25) is 9.59 Å². The number of hydrogen-bond acceptors (Lipinski definition) is 8. The Balaban J connectivity index is 1.34. The number of esters is 2. The third-order valence-electron chi connectivity index (χ3n) is 8.17. The van der Waals surface area contributed by atoms with E-state index in [1.165, 1.54) is 22.7 Å². The maximum Gasteiger partial charge on any atom is 0.341 e. The number of aryl methyl sites for hydroxylation is 2. The average molecular weight is 637 g/mol. The van der Waals surface area contributed by atoms with Gasteiger partial charge in [0.15, 0.2) is 0 Å². The van der Waals surface area contributed by atoms with Crippen LogP contribution in [-0.4, -0.2) is 37.0 Å². The Labute approximate surface area is 266 Å². The lowest BCUT2D eigenvalue weighted by molar-refractivity contribution is 0.0517. The smallest absolute Gasteiger partial charge is 0.341 e. The molecule has 2 amide bonds. The van der Waals surface area contributed by atoms with Crippen LogP contribution >= 0.6 is 22.7 Å². The standard InChI is InChI=1S/C34H40N2O6S2/c1-3-41-33(39)27-23-13-9-5-7-11-15-25(23)43-31(27)35-29(37)21-17-19-22(20-18-21)30(38)36-32-28(34(40)42-4-2)24-14-10-6-8-12-16-26(24)44-32/h17-20H,3-16H2,1-2H3,(H,35,37)(H,36,38). The van der Waals surface area contributed by atoms with E-state index in [1.54, 1.807) is 38.1 Å². The van der Waals surface area contributed by atoms with Gasteiger partial charge in [-0.05, 0) is 101 Å². The molecule has 0 unspecified atom stereocenters. The maximum atomic E-state index is 13.3. The molecule has 3 aromatic rings. The number of ether oxygens (including phenoxy) is 2. The first-order valence-corrected chi connectivity index (χ1v) is 17.4. The summed E-state index contributed by atoms with van der Waals surface area (Å²) in [7, 11) is 0. The topological polar surface area (TPSA) is 111 Å². The molecule has 0 atom stereocenters. The summed E-state index contributed by atoms with van der Waals surface area (Å²) in [6, 6.07) is 6.38. The van der Waals surface area contributed by atoms with E-state index in [0.717, 1.165) is 97.9 Å². The molecule has 44 heavy (non-hydrogen) atoms. The molecule has 0 saturated carbocycles. The molecule has 0 bridgehead atoms. The highest BCUT2D eigenvalue weighted by atomic mass is 32.1. The van der Waals surface area contributed by atoms with E-state index in [-0.39, 0.29) is 25.0 Å². The number of anilines is 2. The van der Waals surface area contributed by atoms with Gasteiger partial charge in [0.2, 0.25) is 0 Å². The lowest BCUT2D eigenvalue weighted by Gasteiger charge is -2.12. The molecular weight excluding hydrogens is 597 g/mol. The second kappa shape index (κ2) is 15.0. The molecule has 8 nitrogen and oxygen atoms in total. The van der Waals surface area contributed by atoms with Crippen molar-refractivity contribution in [2.24, 2.45) is 0 Å². The van der Waals surface area contributed by atoms with Crippen LogP contribution in [0.2, 0.25) is 0 Å². The van der Waals surface area contributed by atoms with E-state index in [9.17, 15) is 19.2 Å². The normalized spacial score (nSPS) is 15.0. The van der Waals surface area contributed by atoms with E-state index < -0.39 is 11.9 Å². The van der Waals surface area contributed by atoms with Crippen molar-refractivity contribution in [3.8, 4) is 0 Å². The predicted octanol–water partition coefficient (Wildman–Crippen LogP) is 7.99. The Morgan fingerprint density at radius 2 is 0.955 bits per heavy atom. The number of carbonyl (C=O) groups is 4. The number of nitrogens with one attached hydrogen (secondary N) is 2. The number of carbonyl (C=O) groups excluding carboxylic acids is 4. The molecule has 2 aliphatic rings. The summed E-state index contributed by atoms with van der Waals surface area (Å²) in [5.74, 6) is -1.54. The molecule has 5 rings (SSSR count). The van der Waals surface area contributed by atoms with Crippen LogP contribution < -0.4 is 10.6 Å². The molecule has 10 heteroatoms. The zero-order chi connectivity index (χ0) is 31.1. The monoisotopic (exact) mass is 636 g/mol. The SMILES string of the molecule is CCOC(=O)c1c(NC(=O)c2ccc(C(=O)Nc3sc4c(c3C(=O)OCC)CCCCCC4)cc2)sc2c1CCCCCC2. The lowest BCUT2D eigenvalue weighted by Crippen LogP contribution is -2.17. The number of benzene rings is 1. The lowest BCUT2D eigenvalue weighted by atomic mass is 9.96. The molecule has 2 aromatic heterocycles. The van der Waals surface area contributed by atoms with Gasteiger partial charge in [0, 0.05) is 20.9 Å². The van der Waals surface area contributed by atoms with E-state index >= 15 is 0 Å². The van der Waals surface area contributed by atoms with Crippen LogP contribution in [0.1, 0.15) is 128 Å². The molecule has 1 aromatic carbocycles. The summed E-state index contributed by atoms with van der Waals surface area (Å²) >= 11 is 2.92. The van der Waals surface area contributed by atoms with Gasteiger partial charge in [-0.25, -0.2) is 9.59 Å². The van der Waals surface area contributed by atoms with Crippen LogP contribution in [0.3, 0.4) is 0 Å². The third-order valence-corrected chi connectivity index (χ3v) is 10.6. The molecular formula is C34H40N2O6S2. The first-order valence-electron chi connectivity index (χ1n) is 15.8. The minimum atomic E-state index is -0.406. The van der Waals surface area contributed by atoms with Gasteiger partial charge in [0.25, 0.3) is 11.8 Å². The van der Waals surface area contributed by atoms with Crippen molar-refractivity contribution in [2.45, 2.75) is 90.9 Å². The molecule has 0 spiro atoms. The van der Waals surface area contributed by atoms with Crippen molar-refractivity contribution in [3.63, 3.8) is 0 Å². The number of fused-ring (bicyclic) bond motifs is 2. The minimum absolute atomic E-state index is 0.260. The zero-order valence-electron chi connectivity index (χ0n) is 25.5. The first kappa shape index (κ1) is 31.9. The maximum absolute atomic E-state index is 13.3. The van der Waals surface area contributed by atoms with Gasteiger partial charge in [0.1, 0.15) is 10.0 Å². The van der Waals surface area contributed by atoms with Crippen LogP contribution in [0.25, 0.3) is 0 Å². The summed E-state index contributed by atoms with van der Waals surface area (Å²) in [4.78, 5) is 54.8. The van der Waals surface area contributed by atoms with Crippen LogP contribution in [0.15, 0.2) is 24.3 Å². The highest BCUT2D eigenvalue weighted by molar-refractivity contribution is 7.17. The molecule has 234 valence electrons. The molecule has 2 N–H and O–H groups in total. The summed E-state index contributed by atoms with van der Waals surface area (Å²) in [5, 5.41) is 6.93. The molecule has 0 saturated heterocycles. The van der Waals surface area contributed by atoms with Crippen LogP contribution in [0, 0.1) is 0 Å². The summed E-state index contributed by atoms with van der Waals surface area (Å²) in [6.45, 7) is 4.07. The van der Waals surface area contributed by atoms with Crippen molar-refractivity contribution < 1.29 is 28.7 Å². The fraction of sp³-hybridized carbons (Fsp3) is 0.471.